The Morgan fingerprint density at radius 1 is 1.21 bits per heavy atom. The van der Waals surface area contributed by atoms with Gasteiger partial charge in [-0.05, 0) is 48.7 Å². The fraction of sp³-hybridized carbons (Fsp3) is 0.217. The third kappa shape index (κ3) is 5.58. The summed E-state index contributed by atoms with van der Waals surface area (Å²) in [6.45, 7) is 0.255. The first-order chi connectivity index (χ1) is 15.9. The second kappa shape index (κ2) is 10.1. The van der Waals surface area contributed by atoms with Gasteiger partial charge in [0.05, 0.1) is 18.0 Å². The quantitative estimate of drug-likeness (QED) is 0.413. The van der Waals surface area contributed by atoms with Crippen molar-refractivity contribution in [2.24, 2.45) is 5.92 Å². The van der Waals surface area contributed by atoms with Crippen LogP contribution in [0.25, 0.3) is 10.6 Å². The number of thioether (sulfide) groups is 1. The molecule has 0 aliphatic carbocycles. The molecule has 7 nitrogen and oxygen atoms in total. The molecular weight excluding hydrogens is 463 g/mol. The van der Waals surface area contributed by atoms with Gasteiger partial charge in [0.2, 0.25) is 17.7 Å². The van der Waals surface area contributed by atoms with Crippen molar-refractivity contribution in [3.63, 3.8) is 0 Å². The van der Waals surface area contributed by atoms with Gasteiger partial charge < -0.3 is 4.90 Å². The molecule has 170 valence electrons. The number of carbonyl (C=O) groups excluding carboxylic acids is 3. The highest BCUT2D eigenvalue weighted by Crippen LogP contribution is 2.28. The van der Waals surface area contributed by atoms with Gasteiger partial charge in [-0.25, -0.2) is 9.37 Å². The summed E-state index contributed by atoms with van der Waals surface area (Å²) in [6.07, 6.45) is 2.02. The van der Waals surface area contributed by atoms with Crippen molar-refractivity contribution in [2.45, 2.75) is 17.7 Å². The molecule has 2 aromatic carbocycles. The van der Waals surface area contributed by atoms with E-state index in [1.807, 2.05) is 30.5 Å². The zero-order valence-corrected chi connectivity index (χ0v) is 19.3. The van der Waals surface area contributed by atoms with Crippen LogP contribution in [0.15, 0.2) is 58.8 Å². The van der Waals surface area contributed by atoms with Crippen molar-refractivity contribution in [3.05, 3.63) is 65.4 Å². The first-order valence-corrected chi connectivity index (χ1v) is 12.3. The SMILES string of the molecule is CSc1cccc(N2CC(C(=O)NNC(=O)Cc3csc(-c4ccc(F)cc4)n3)CC2=O)c1. The molecule has 0 radical (unpaired) electrons. The molecule has 1 saturated heterocycles. The number of amides is 3. The topological polar surface area (TPSA) is 91.4 Å². The molecule has 0 bridgehead atoms. The van der Waals surface area contributed by atoms with Crippen molar-refractivity contribution in [1.82, 2.24) is 15.8 Å². The number of nitrogens with one attached hydrogen (secondary N) is 2. The molecule has 2 heterocycles. The predicted molar refractivity (Wildman–Crippen MR) is 126 cm³/mol. The first kappa shape index (κ1) is 22.9. The standard InChI is InChI=1S/C23H21FN4O3S2/c1-32-19-4-2-3-18(11-19)28-12-15(9-21(28)30)22(31)27-26-20(29)10-17-13-33-23(25-17)14-5-7-16(24)8-6-14/h2-8,11,13,15H,9-10,12H2,1H3,(H,26,29)(H,27,31). The maximum absolute atomic E-state index is 13.1. The molecule has 1 aliphatic rings. The Morgan fingerprint density at radius 2 is 2.00 bits per heavy atom. The van der Waals surface area contributed by atoms with Crippen LogP contribution in [0.1, 0.15) is 12.1 Å². The van der Waals surface area contributed by atoms with Gasteiger partial charge in [0.15, 0.2) is 0 Å². The van der Waals surface area contributed by atoms with E-state index in [0.29, 0.717) is 10.7 Å². The molecule has 1 aliphatic heterocycles. The predicted octanol–water partition coefficient (Wildman–Crippen LogP) is 3.41. The Kier molecular flexibility index (Phi) is 7.05. The van der Waals surface area contributed by atoms with Gasteiger partial charge in [0.25, 0.3) is 0 Å². The average Bonchev–Trinajstić information content (AvgIpc) is 3.44. The third-order valence-electron chi connectivity index (χ3n) is 5.17. The Labute approximate surface area is 198 Å². The minimum atomic E-state index is -0.555. The summed E-state index contributed by atoms with van der Waals surface area (Å²) in [5.41, 5.74) is 6.88. The fourth-order valence-electron chi connectivity index (χ4n) is 3.47. The van der Waals surface area contributed by atoms with Crippen LogP contribution in [0, 0.1) is 11.7 Å². The van der Waals surface area contributed by atoms with Crippen LogP contribution in [-0.2, 0) is 20.8 Å². The third-order valence-corrected chi connectivity index (χ3v) is 6.84. The van der Waals surface area contributed by atoms with E-state index in [1.165, 1.54) is 23.5 Å². The summed E-state index contributed by atoms with van der Waals surface area (Å²) >= 11 is 2.93. The molecule has 2 N–H and O–H groups in total. The summed E-state index contributed by atoms with van der Waals surface area (Å²) in [5.74, 6) is -1.85. The molecule has 3 amide bonds. The number of anilines is 1. The zero-order valence-electron chi connectivity index (χ0n) is 17.7. The maximum atomic E-state index is 13.1. The van der Waals surface area contributed by atoms with Crippen LogP contribution < -0.4 is 15.8 Å². The second-order valence-electron chi connectivity index (χ2n) is 7.47. The molecule has 1 aromatic heterocycles. The van der Waals surface area contributed by atoms with E-state index in [9.17, 15) is 18.8 Å². The van der Waals surface area contributed by atoms with E-state index in [-0.39, 0.29) is 31.1 Å². The monoisotopic (exact) mass is 484 g/mol. The van der Waals surface area contributed by atoms with Crippen LogP contribution in [-0.4, -0.2) is 35.5 Å². The first-order valence-electron chi connectivity index (χ1n) is 10.2. The Morgan fingerprint density at radius 3 is 2.76 bits per heavy atom. The van der Waals surface area contributed by atoms with Crippen molar-refractivity contribution < 1.29 is 18.8 Å². The van der Waals surface area contributed by atoms with Crippen molar-refractivity contribution in [3.8, 4) is 10.6 Å². The van der Waals surface area contributed by atoms with Gasteiger partial charge in [0, 0.05) is 34.5 Å². The summed E-state index contributed by atoms with van der Waals surface area (Å²) in [5, 5.41) is 2.42. The molecule has 1 unspecified atom stereocenters. The maximum Gasteiger partial charge on any atom is 0.244 e. The summed E-state index contributed by atoms with van der Waals surface area (Å²) in [4.78, 5) is 44.2. The van der Waals surface area contributed by atoms with Gasteiger partial charge >= 0.3 is 0 Å². The fourth-order valence-corrected chi connectivity index (χ4v) is 4.75. The van der Waals surface area contributed by atoms with Crippen molar-refractivity contribution in [1.29, 1.82) is 0 Å². The van der Waals surface area contributed by atoms with Crippen LogP contribution >= 0.6 is 23.1 Å². The van der Waals surface area contributed by atoms with Crippen LogP contribution in [0.3, 0.4) is 0 Å². The number of hydrogen-bond donors (Lipinski definition) is 2. The van der Waals surface area contributed by atoms with Crippen LogP contribution in [0.4, 0.5) is 10.1 Å². The summed E-state index contributed by atoms with van der Waals surface area (Å²) < 4.78 is 13.1. The number of hydrazine groups is 1. The normalized spacial score (nSPS) is 15.5. The van der Waals surface area contributed by atoms with Crippen LogP contribution in [0.2, 0.25) is 0 Å². The van der Waals surface area contributed by atoms with Gasteiger partial charge in [-0.15, -0.1) is 23.1 Å². The van der Waals surface area contributed by atoms with E-state index in [2.05, 4.69) is 15.8 Å². The van der Waals surface area contributed by atoms with Gasteiger partial charge in [-0.3, -0.25) is 25.2 Å². The Bertz CT molecular complexity index is 1180. The molecular formula is C23H21FN4O3S2. The highest BCUT2D eigenvalue weighted by molar-refractivity contribution is 7.98. The number of benzene rings is 2. The second-order valence-corrected chi connectivity index (χ2v) is 9.21. The van der Waals surface area contributed by atoms with Gasteiger partial charge in [0.1, 0.15) is 10.8 Å². The number of carbonyl (C=O) groups is 3. The minimum Gasteiger partial charge on any atom is -0.312 e. The van der Waals surface area contributed by atoms with Crippen molar-refractivity contribution in [2.75, 3.05) is 17.7 Å². The Balaban J connectivity index is 1.29. The lowest BCUT2D eigenvalue weighted by atomic mass is 10.1. The Hall–Kier alpha value is -3.24. The number of rotatable bonds is 6. The van der Waals surface area contributed by atoms with E-state index in [0.717, 1.165) is 16.1 Å². The van der Waals surface area contributed by atoms with E-state index >= 15 is 0 Å². The number of nitrogens with zero attached hydrogens (tertiary/aromatic N) is 2. The highest BCUT2D eigenvalue weighted by Gasteiger charge is 2.35. The molecule has 0 saturated carbocycles. The highest BCUT2D eigenvalue weighted by atomic mass is 32.2. The molecule has 10 heteroatoms. The summed E-state index contributed by atoms with van der Waals surface area (Å²) in [7, 11) is 0. The zero-order chi connectivity index (χ0) is 23.4. The van der Waals surface area contributed by atoms with Gasteiger partial charge in [-0.2, -0.15) is 0 Å². The van der Waals surface area contributed by atoms with E-state index < -0.39 is 17.7 Å². The van der Waals surface area contributed by atoms with Gasteiger partial charge in [-0.1, -0.05) is 6.07 Å². The number of halogens is 1. The molecule has 0 spiro atoms. The number of aromatic nitrogens is 1. The minimum absolute atomic E-state index is 0.0187. The largest absolute Gasteiger partial charge is 0.312 e. The molecule has 1 atom stereocenters. The lowest BCUT2D eigenvalue weighted by molar-refractivity contribution is -0.131. The molecule has 3 aromatic rings. The van der Waals surface area contributed by atoms with E-state index in [1.54, 1.807) is 34.2 Å². The lowest BCUT2D eigenvalue weighted by Gasteiger charge is -2.17. The average molecular weight is 485 g/mol. The van der Waals surface area contributed by atoms with Crippen LogP contribution in [0.5, 0.6) is 0 Å². The van der Waals surface area contributed by atoms with Crippen molar-refractivity contribution >= 4 is 46.5 Å². The molecule has 1 fully saturated rings. The lowest BCUT2D eigenvalue weighted by Crippen LogP contribution is -2.45. The molecule has 4 rings (SSSR count). The molecule has 33 heavy (non-hydrogen) atoms. The summed E-state index contributed by atoms with van der Waals surface area (Å²) in [6, 6.07) is 13.6. The number of thiazole rings is 1. The van der Waals surface area contributed by atoms with E-state index in [4.69, 9.17) is 0 Å². The smallest absolute Gasteiger partial charge is 0.244 e. The number of hydrogen-bond acceptors (Lipinski definition) is 6.